The lowest BCUT2D eigenvalue weighted by molar-refractivity contribution is 0.370. The molecule has 3 heterocycles. The van der Waals surface area contributed by atoms with Gasteiger partial charge in [0.15, 0.2) is 0 Å². The maximum Gasteiger partial charge on any atom is 0.0562 e. The van der Waals surface area contributed by atoms with Gasteiger partial charge in [0, 0.05) is 40.6 Å². The van der Waals surface area contributed by atoms with E-state index in [4.69, 9.17) is 11.6 Å². The number of hydrogen-bond acceptors (Lipinski definition) is 2. The van der Waals surface area contributed by atoms with Crippen LogP contribution in [-0.4, -0.2) is 29.6 Å². The summed E-state index contributed by atoms with van der Waals surface area (Å²) in [6, 6.07) is 8.34. The predicted octanol–water partition coefficient (Wildman–Crippen LogP) is 5.06. The Bertz CT molecular complexity index is 845. The summed E-state index contributed by atoms with van der Waals surface area (Å²) < 4.78 is 2.27. The van der Waals surface area contributed by atoms with E-state index in [9.17, 15) is 0 Å². The van der Waals surface area contributed by atoms with Crippen LogP contribution in [0.2, 0.25) is 5.02 Å². The molecule has 1 aliphatic rings. The molecule has 0 aliphatic carbocycles. The van der Waals surface area contributed by atoms with E-state index in [-0.39, 0.29) is 0 Å². The zero-order chi connectivity index (χ0) is 15.1. The number of halogens is 1. The van der Waals surface area contributed by atoms with Gasteiger partial charge in [-0.05, 0) is 48.7 Å². The van der Waals surface area contributed by atoms with Gasteiger partial charge in [-0.25, -0.2) is 0 Å². The van der Waals surface area contributed by atoms with Crippen LogP contribution in [0.15, 0.2) is 47.3 Å². The van der Waals surface area contributed by atoms with Gasteiger partial charge in [-0.15, -0.1) is 0 Å². The van der Waals surface area contributed by atoms with Crippen LogP contribution >= 0.6 is 22.9 Å². The van der Waals surface area contributed by atoms with Gasteiger partial charge in [0.05, 0.1) is 11.2 Å². The van der Waals surface area contributed by atoms with Gasteiger partial charge in [0.2, 0.25) is 0 Å². The minimum absolute atomic E-state index is 0.797. The van der Waals surface area contributed by atoms with Crippen molar-refractivity contribution in [2.75, 3.05) is 20.1 Å². The van der Waals surface area contributed by atoms with E-state index >= 15 is 0 Å². The SMILES string of the molecule is CN1CC=C(c2cn(-c3ccsc3)c3ccc(Cl)cc23)CC1. The highest BCUT2D eigenvalue weighted by Gasteiger charge is 2.16. The second-order valence-electron chi connectivity index (χ2n) is 5.80. The summed E-state index contributed by atoms with van der Waals surface area (Å²) in [5, 5.41) is 6.34. The summed E-state index contributed by atoms with van der Waals surface area (Å²) in [6.45, 7) is 2.12. The quantitative estimate of drug-likeness (QED) is 0.638. The number of benzene rings is 1. The van der Waals surface area contributed by atoms with Crippen molar-refractivity contribution in [1.29, 1.82) is 0 Å². The van der Waals surface area contributed by atoms with Crippen molar-refractivity contribution in [3.63, 3.8) is 0 Å². The van der Waals surface area contributed by atoms with E-state index in [1.165, 1.54) is 27.7 Å². The molecule has 0 atom stereocenters. The highest BCUT2D eigenvalue weighted by atomic mass is 35.5. The Morgan fingerprint density at radius 1 is 1.23 bits per heavy atom. The van der Waals surface area contributed by atoms with Crippen molar-refractivity contribution in [1.82, 2.24) is 9.47 Å². The first-order chi connectivity index (χ1) is 10.7. The summed E-state index contributed by atoms with van der Waals surface area (Å²) in [4.78, 5) is 2.34. The third-order valence-corrected chi connectivity index (χ3v) is 5.21. The monoisotopic (exact) mass is 328 g/mol. The van der Waals surface area contributed by atoms with E-state index in [0.29, 0.717) is 0 Å². The topological polar surface area (TPSA) is 8.17 Å². The molecular weight excluding hydrogens is 312 g/mol. The predicted molar refractivity (Wildman–Crippen MR) is 96.3 cm³/mol. The summed E-state index contributed by atoms with van der Waals surface area (Å²) in [5.41, 5.74) is 5.19. The Kier molecular flexibility index (Phi) is 3.57. The van der Waals surface area contributed by atoms with E-state index in [0.717, 1.165) is 24.5 Å². The Morgan fingerprint density at radius 2 is 2.14 bits per heavy atom. The summed E-state index contributed by atoms with van der Waals surface area (Å²) in [7, 11) is 2.17. The molecule has 112 valence electrons. The minimum atomic E-state index is 0.797. The molecule has 0 fully saturated rings. The largest absolute Gasteiger partial charge is 0.315 e. The van der Waals surface area contributed by atoms with Crippen molar-refractivity contribution >= 4 is 39.4 Å². The van der Waals surface area contributed by atoms with Gasteiger partial charge >= 0.3 is 0 Å². The van der Waals surface area contributed by atoms with E-state index in [1.54, 1.807) is 11.3 Å². The van der Waals surface area contributed by atoms with Gasteiger partial charge in [-0.1, -0.05) is 17.7 Å². The highest BCUT2D eigenvalue weighted by molar-refractivity contribution is 7.08. The molecule has 0 saturated carbocycles. The number of rotatable bonds is 2. The van der Waals surface area contributed by atoms with Gasteiger partial charge in [0.1, 0.15) is 0 Å². The lowest BCUT2D eigenvalue weighted by Gasteiger charge is -2.21. The van der Waals surface area contributed by atoms with Crippen LogP contribution in [0.1, 0.15) is 12.0 Å². The fourth-order valence-corrected chi connectivity index (χ4v) is 3.88. The summed E-state index contributed by atoms with van der Waals surface area (Å²) in [5.74, 6) is 0. The molecule has 22 heavy (non-hydrogen) atoms. The van der Waals surface area contributed by atoms with Crippen molar-refractivity contribution in [3.05, 3.63) is 57.9 Å². The Morgan fingerprint density at radius 3 is 2.86 bits per heavy atom. The van der Waals surface area contributed by atoms with Gasteiger partial charge < -0.3 is 9.47 Å². The molecule has 0 N–H and O–H groups in total. The average Bonchev–Trinajstić information content (AvgIpc) is 3.15. The van der Waals surface area contributed by atoms with Crippen LogP contribution in [-0.2, 0) is 0 Å². The molecule has 0 radical (unpaired) electrons. The Labute approximate surface area is 139 Å². The van der Waals surface area contributed by atoms with E-state index < -0.39 is 0 Å². The van der Waals surface area contributed by atoms with Crippen molar-refractivity contribution in [3.8, 4) is 5.69 Å². The second-order valence-corrected chi connectivity index (χ2v) is 7.01. The summed E-state index contributed by atoms with van der Waals surface area (Å²) >= 11 is 7.98. The van der Waals surface area contributed by atoms with Gasteiger partial charge in [0.25, 0.3) is 0 Å². The molecular formula is C18H17ClN2S. The first kappa shape index (κ1) is 14.1. The lowest BCUT2D eigenvalue weighted by atomic mass is 9.99. The Balaban J connectivity index is 1.93. The van der Waals surface area contributed by atoms with Crippen LogP contribution in [0, 0.1) is 0 Å². The number of nitrogens with zero attached hydrogens (tertiary/aromatic N) is 2. The molecule has 0 bridgehead atoms. The van der Waals surface area contributed by atoms with Gasteiger partial charge in [-0.3, -0.25) is 0 Å². The molecule has 1 aromatic carbocycles. The zero-order valence-electron chi connectivity index (χ0n) is 12.4. The fraction of sp³-hybridized carbons (Fsp3) is 0.222. The van der Waals surface area contributed by atoms with Crippen molar-refractivity contribution in [2.45, 2.75) is 6.42 Å². The van der Waals surface area contributed by atoms with Crippen LogP contribution in [0.3, 0.4) is 0 Å². The number of likely N-dealkylation sites (N-methyl/N-ethyl adjacent to an activating group) is 1. The number of fused-ring (bicyclic) bond motifs is 1. The van der Waals surface area contributed by atoms with E-state index in [1.807, 2.05) is 6.07 Å². The first-order valence-corrected chi connectivity index (χ1v) is 8.75. The van der Waals surface area contributed by atoms with Crippen molar-refractivity contribution in [2.24, 2.45) is 0 Å². The number of hydrogen-bond donors (Lipinski definition) is 0. The molecule has 4 heteroatoms. The molecule has 1 aliphatic heterocycles. The maximum absolute atomic E-state index is 6.25. The smallest absolute Gasteiger partial charge is 0.0562 e. The minimum Gasteiger partial charge on any atom is -0.315 e. The molecule has 0 spiro atoms. The zero-order valence-corrected chi connectivity index (χ0v) is 14.0. The maximum atomic E-state index is 6.25. The molecule has 2 nitrogen and oxygen atoms in total. The number of aromatic nitrogens is 1. The third kappa shape index (κ3) is 2.39. The molecule has 0 saturated heterocycles. The van der Waals surface area contributed by atoms with Crippen molar-refractivity contribution < 1.29 is 0 Å². The molecule has 4 rings (SSSR count). The van der Waals surface area contributed by atoms with Crippen LogP contribution < -0.4 is 0 Å². The average molecular weight is 329 g/mol. The van der Waals surface area contributed by atoms with Crippen LogP contribution in [0.25, 0.3) is 22.2 Å². The fourth-order valence-electron chi connectivity index (χ4n) is 3.08. The third-order valence-electron chi connectivity index (χ3n) is 4.31. The van der Waals surface area contributed by atoms with Crippen LogP contribution in [0.5, 0.6) is 0 Å². The normalized spacial score (nSPS) is 16.2. The lowest BCUT2D eigenvalue weighted by Crippen LogP contribution is -2.23. The highest BCUT2D eigenvalue weighted by Crippen LogP contribution is 2.34. The van der Waals surface area contributed by atoms with Crippen LogP contribution in [0.4, 0.5) is 0 Å². The standard InChI is InChI=1S/C18H17ClN2S/c1-20-7-4-13(5-8-20)17-11-21(15-6-9-22-12-15)18-3-2-14(19)10-16(17)18/h2-4,6,9-12H,5,7-8H2,1H3. The molecule has 2 aromatic heterocycles. The number of thiophene rings is 1. The molecule has 0 amide bonds. The van der Waals surface area contributed by atoms with Gasteiger partial charge in [-0.2, -0.15) is 11.3 Å². The summed E-state index contributed by atoms with van der Waals surface area (Å²) in [6.07, 6.45) is 5.70. The Hall–Kier alpha value is -1.55. The van der Waals surface area contributed by atoms with E-state index in [2.05, 4.69) is 57.7 Å². The second kappa shape index (κ2) is 5.58. The molecule has 3 aromatic rings. The molecule has 0 unspecified atom stereocenters. The first-order valence-electron chi connectivity index (χ1n) is 7.43.